The van der Waals surface area contributed by atoms with Gasteiger partial charge in [-0.3, -0.25) is 24.2 Å². The van der Waals surface area contributed by atoms with Crippen molar-refractivity contribution in [2.45, 2.75) is 58.8 Å². The van der Waals surface area contributed by atoms with E-state index in [-0.39, 0.29) is 25.6 Å². The normalized spacial score (nSPS) is 11.7. The lowest BCUT2D eigenvalue weighted by molar-refractivity contribution is -0.138. The van der Waals surface area contributed by atoms with E-state index in [9.17, 15) is 32.3 Å². The molecule has 11 nitrogen and oxygen atoms in total. The third-order valence-corrected chi connectivity index (χ3v) is 7.34. The summed E-state index contributed by atoms with van der Waals surface area (Å²) in [6, 6.07) is 16.9. The lowest BCUT2D eigenvalue weighted by atomic mass is 10.0. The van der Waals surface area contributed by atoms with E-state index in [1.807, 2.05) is 39.0 Å². The van der Waals surface area contributed by atoms with Gasteiger partial charge in [-0.1, -0.05) is 36.9 Å². The molecule has 0 aliphatic rings. The standard InChI is InChI=1S/C20H25N5O5.C17H18F3N.2C2H4/c1-3-14(23-13-26)11-21-12-22-15-6-5-7-16(10-15)24-20(30)17(8-9-19(28)29)25-18(27)4-2;1-11-7-8-16(9-12(11)2)21-13(3)14-5-4-6-15(10-14)17(18,19)20;2*1-2/h3-7,10-11,13,17,22H,2,8-9,12H2,1H3,(H,23,26)(H,24,30)(H,25,27)(H,28,29);4-10,13,21H,1-3H3;2*1-2H2/b14-3+,21-11-;;;. The molecule has 0 aliphatic heterocycles. The number of hydrogen-bond acceptors (Lipinski definition) is 7. The van der Waals surface area contributed by atoms with E-state index >= 15 is 0 Å². The Balaban J connectivity index is 0.00000102. The molecule has 0 radical (unpaired) electrons. The van der Waals surface area contributed by atoms with E-state index in [1.54, 1.807) is 43.3 Å². The first-order valence-corrected chi connectivity index (χ1v) is 16.8. The van der Waals surface area contributed by atoms with Crippen LogP contribution in [-0.2, 0) is 25.4 Å². The molecule has 2 unspecified atom stereocenters. The van der Waals surface area contributed by atoms with E-state index in [1.165, 1.54) is 23.9 Å². The van der Waals surface area contributed by atoms with Crippen molar-refractivity contribution in [3.8, 4) is 0 Å². The van der Waals surface area contributed by atoms with Gasteiger partial charge in [0, 0.05) is 35.7 Å². The summed E-state index contributed by atoms with van der Waals surface area (Å²) in [6.45, 7) is 23.2. The summed E-state index contributed by atoms with van der Waals surface area (Å²) in [6.07, 6.45) is 0.119. The second-order valence-corrected chi connectivity index (χ2v) is 11.2. The first-order valence-electron chi connectivity index (χ1n) is 16.8. The molecule has 55 heavy (non-hydrogen) atoms. The number of rotatable bonds is 16. The van der Waals surface area contributed by atoms with E-state index in [2.05, 4.69) is 64.5 Å². The van der Waals surface area contributed by atoms with Crippen molar-refractivity contribution in [2.75, 3.05) is 22.6 Å². The summed E-state index contributed by atoms with van der Waals surface area (Å²) in [5, 5.41) is 22.7. The van der Waals surface area contributed by atoms with Crippen molar-refractivity contribution in [1.29, 1.82) is 0 Å². The van der Waals surface area contributed by atoms with Gasteiger partial charge in [0.2, 0.25) is 18.2 Å². The van der Waals surface area contributed by atoms with Crippen LogP contribution in [0.2, 0.25) is 0 Å². The van der Waals surface area contributed by atoms with Crippen molar-refractivity contribution < 1.29 is 37.5 Å². The number of carbonyl (C=O) groups is 4. The number of aliphatic imine (C=N–C) groups is 1. The van der Waals surface area contributed by atoms with Crippen molar-refractivity contribution in [2.24, 2.45) is 4.99 Å². The van der Waals surface area contributed by atoms with E-state index in [0.29, 0.717) is 29.0 Å². The Bertz CT molecular complexity index is 1760. The minimum Gasteiger partial charge on any atom is -0.481 e. The van der Waals surface area contributed by atoms with Crippen LogP contribution in [0, 0.1) is 13.8 Å². The van der Waals surface area contributed by atoms with Gasteiger partial charge in [0.25, 0.3) is 0 Å². The van der Waals surface area contributed by atoms with Crippen LogP contribution in [0.1, 0.15) is 55.0 Å². The van der Waals surface area contributed by atoms with Crippen LogP contribution in [0.4, 0.5) is 30.2 Å². The van der Waals surface area contributed by atoms with Gasteiger partial charge in [-0.15, -0.1) is 26.3 Å². The SMILES string of the molecule is C=C.C=C.C=CC(=O)NC(CCC(=O)O)C(=O)Nc1cccc(NC/N=C\C(=C/C)NC=O)c1.Cc1ccc(NC(C)c2cccc(C(F)(F)F)c2)cc1C. The van der Waals surface area contributed by atoms with Gasteiger partial charge in [-0.05, 0) is 99.3 Å². The third-order valence-electron chi connectivity index (χ3n) is 7.34. The number of carboxylic acids is 1. The van der Waals surface area contributed by atoms with E-state index < -0.39 is 35.6 Å². The Kier molecular flexibility index (Phi) is 23.3. The monoisotopic (exact) mass is 764 g/mol. The first-order chi connectivity index (χ1) is 26.2. The topological polar surface area (TPSA) is 161 Å². The van der Waals surface area contributed by atoms with Gasteiger partial charge in [0.1, 0.15) is 12.7 Å². The fourth-order valence-corrected chi connectivity index (χ4v) is 4.40. The lowest BCUT2D eigenvalue weighted by Gasteiger charge is -2.18. The number of halogens is 3. The van der Waals surface area contributed by atoms with Crippen LogP contribution in [0.3, 0.4) is 0 Å². The van der Waals surface area contributed by atoms with E-state index in [4.69, 9.17) is 5.11 Å². The Hall–Kier alpha value is -6.44. The predicted molar refractivity (Wildman–Crippen MR) is 216 cm³/mol. The number of hydrogen-bond donors (Lipinski definition) is 6. The van der Waals surface area contributed by atoms with Gasteiger partial charge < -0.3 is 31.7 Å². The van der Waals surface area contributed by atoms with Gasteiger partial charge in [-0.25, -0.2) is 0 Å². The zero-order valence-corrected chi connectivity index (χ0v) is 31.6. The summed E-state index contributed by atoms with van der Waals surface area (Å²) in [4.78, 5) is 49.4. The zero-order valence-electron chi connectivity index (χ0n) is 31.6. The molecule has 0 fully saturated rings. The van der Waals surface area contributed by atoms with Gasteiger partial charge >= 0.3 is 12.1 Å². The molecule has 14 heteroatoms. The Morgan fingerprint density at radius 3 is 2.15 bits per heavy atom. The molecule has 0 saturated heterocycles. The highest BCUT2D eigenvalue weighted by molar-refractivity contribution is 5.99. The second-order valence-electron chi connectivity index (χ2n) is 11.2. The van der Waals surface area contributed by atoms with Crippen LogP contribution in [0.5, 0.6) is 0 Å². The molecule has 0 spiro atoms. The summed E-state index contributed by atoms with van der Waals surface area (Å²) in [5.74, 6) is -2.19. The quantitative estimate of drug-likeness (QED) is 0.0370. The van der Waals surface area contributed by atoms with Gasteiger partial charge in [0.15, 0.2) is 0 Å². The van der Waals surface area contributed by atoms with Crippen LogP contribution in [0.15, 0.2) is 122 Å². The van der Waals surface area contributed by atoms with Gasteiger partial charge in [-0.2, -0.15) is 13.2 Å². The maximum absolute atomic E-state index is 12.7. The summed E-state index contributed by atoms with van der Waals surface area (Å²) < 4.78 is 38.2. The number of carboxylic acid groups (broad SMARTS) is 1. The fraction of sp³-hybridized carbons (Fsp3) is 0.244. The number of benzene rings is 3. The number of allylic oxidation sites excluding steroid dienone is 2. The van der Waals surface area contributed by atoms with Crippen molar-refractivity contribution in [1.82, 2.24) is 10.6 Å². The number of aryl methyl sites for hydroxylation is 2. The zero-order chi connectivity index (χ0) is 42.0. The molecule has 0 heterocycles. The summed E-state index contributed by atoms with van der Waals surface area (Å²) >= 11 is 0. The Labute approximate surface area is 321 Å². The number of amides is 3. The fourth-order valence-electron chi connectivity index (χ4n) is 4.40. The number of alkyl halides is 3. The second kappa shape index (κ2) is 26.3. The molecule has 0 saturated carbocycles. The predicted octanol–water partition coefficient (Wildman–Crippen LogP) is 8.35. The smallest absolute Gasteiger partial charge is 0.416 e. The highest BCUT2D eigenvalue weighted by Crippen LogP contribution is 2.31. The molecule has 6 N–H and O–H groups in total. The molecule has 296 valence electrons. The highest BCUT2D eigenvalue weighted by Gasteiger charge is 2.30. The maximum atomic E-state index is 12.7. The molecule has 3 amide bonds. The largest absolute Gasteiger partial charge is 0.481 e. The van der Waals surface area contributed by atoms with Gasteiger partial charge in [0.05, 0.1) is 11.3 Å². The molecule has 3 aromatic carbocycles. The minimum absolute atomic E-state index is 0.0600. The average molecular weight is 765 g/mol. The number of carbonyl (C=O) groups excluding carboxylic acids is 3. The summed E-state index contributed by atoms with van der Waals surface area (Å²) in [5.41, 5.74) is 4.93. The summed E-state index contributed by atoms with van der Waals surface area (Å²) in [7, 11) is 0. The lowest BCUT2D eigenvalue weighted by Crippen LogP contribution is -2.43. The first kappa shape index (κ1) is 48.6. The molecular weight excluding hydrogens is 713 g/mol. The van der Waals surface area contributed by atoms with Crippen LogP contribution in [0.25, 0.3) is 0 Å². The highest BCUT2D eigenvalue weighted by atomic mass is 19.4. The van der Waals surface area contributed by atoms with E-state index in [0.717, 1.165) is 23.4 Å². The Morgan fingerprint density at radius 1 is 0.909 bits per heavy atom. The number of nitrogens with one attached hydrogen (secondary N) is 5. The minimum atomic E-state index is -4.31. The number of nitrogens with zero attached hydrogens (tertiary/aromatic N) is 1. The van der Waals surface area contributed by atoms with Crippen LogP contribution < -0.4 is 26.6 Å². The third kappa shape index (κ3) is 19.3. The molecule has 0 aliphatic carbocycles. The molecular formula is C41H51F3N6O5. The number of anilines is 3. The van der Waals surface area contributed by atoms with Crippen molar-refractivity contribution >= 4 is 47.5 Å². The molecule has 0 aromatic heterocycles. The van der Waals surface area contributed by atoms with Crippen LogP contribution in [-0.4, -0.2) is 48.2 Å². The van der Waals surface area contributed by atoms with Crippen LogP contribution >= 0.6 is 0 Å². The van der Waals surface area contributed by atoms with Crippen molar-refractivity contribution in [3.05, 3.63) is 140 Å². The number of aliphatic carboxylic acids is 1. The average Bonchev–Trinajstić information content (AvgIpc) is 3.17. The molecule has 3 aromatic rings. The van der Waals surface area contributed by atoms with Crippen molar-refractivity contribution in [3.63, 3.8) is 0 Å². The molecule has 0 bridgehead atoms. The Morgan fingerprint density at radius 2 is 1.56 bits per heavy atom. The maximum Gasteiger partial charge on any atom is 0.416 e. The molecule has 3 rings (SSSR count). The molecule has 2 atom stereocenters.